The van der Waals surface area contributed by atoms with Crippen LogP contribution < -0.4 is 5.32 Å². The second kappa shape index (κ2) is 9.16. The number of carbonyl (C=O) groups is 1. The molecule has 2 unspecified atom stereocenters. The Morgan fingerprint density at radius 3 is 1.96 bits per heavy atom. The van der Waals surface area contributed by atoms with E-state index in [4.69, 9.17) is 4.74 Å². The SMILES string of the molecule is COCCC(=O)NC(C)(CC(C)(c1ccccc1)N(C)C)c1ccccc1. The highest BCUT2D eigenvalue weighted by atomic mass is 16.5. The van der Waals surface area contributed by atoms with Crippen LogP contribution in [0, 0.1) is 0 Å². The molecule has 4 heteroatoms. The standard InChI is InChI=1S/C23H32N2O2/c1-22(19-12-8-6-9-13-19,24-21(26)16-17-27-5)18-23(2,25(3)4)20-14-10-7-11-15-20/h6-15H,16-18H2,1-5H3,(H,24,26). The summed E-state index contributed by atoms with van der Waals surface area (Å²) in [5.74, 6) is -0.00243. The molecular weight excluding hydrogens is 336 g/mol. The summed E-state index contributed by atoms with van der Waals surface area (Å²) in [5.41, 5.74) is 1.56. The molecule has 4 nitrogen and oxygen atoms in total. The maximum atomic E-state index is 12.6. The van der Waals surface area contributed by atoms with Gasteiger partial charge in [0.1, 0.15) is 0 Å². The molecule has 0 aromatic heterocycles. The molecular formula is C23H32N2O2. The Morgan fingerprint density at radius 1 is 0.963 bits per heavy atom. The van der Waals surface area contributed by atoms with Gasteiger partial charge in [-0.25, -0.2) is 0 Å². The number of hydrogen-bond donors (Lipinski definition) is 1. The van der Waals surface area contributed by atoms with E-state index < -0.39 is 5.54 Å². The number of hydrogen-bond acceptors (Lipinski definition) is 3. The lowest BCUT2D eigenvalue weighted by atomic mass is 9.75. The summed E-state index contributed by atoms with van der Waals surface area (Å²) in [4.78, 5) is 14.8. The van der Waals surface area contributed by atoms with Crippen LogP contribution in [-0.4, -0.2) is 38.6 Å². The van der Waals surface area contributed by atoms with Crippen LogP contribution in [-0.2, 0) is 20.6 Å². The fraction of sp³-hybridized carbons (Fsp3) is 0.435. The van der Waals surface area contributed by atoms with E-state index in [1.165, 1.54) is 5.56 Å². The second-order valence-corrected chi connectivity index (χ2v) is 7.70. The zero-order valence-electron chi connectivity index (χ0n) is 17.2. The Bertz CT molecular complexity index is 718. The van der Waals surface area contributed by atoms with Gasteiger partial charge in [0, 0.05) is 19.1 Å². The molecule has 2 aromatic rings. The molecule has 2 aromatic carbocycles. The van der Waals surface area contributed by atoms with Crippen molar-refractivity contribution in [2.45, 2.75) is 37.8 Å². The van der Waals surface area contributed by atoms with Gasteiger partial charge in [-0.3, -0.25) is 9.69 Å². The molecule has 27 heavy (non-hydrogen) atoms. The summed E-state index contributed by atoms with van der Waals surface area (Å²) in [6.07, 6.45) is 1.09. The van der Waals surface area contributed by atoms with Crippen LogP contribution in [0.25, 0.3) is 0 Å². The number of nitrogens with one attached hydrogen (secondary N) is 1. The summed E-state index contributed by atoms with van der Waals surface area (Å²) in [6, 6.07) is 20.7. The third-order valence-electron chi connectivity index (χ3n) is 5.44. The lowest BCUT2D eigenvalue weighted by Gasteiger charge is -2.44. The first-order valence-corrected chi connectivity index (χ1v) is 9.40. The Balaban J connectivity index is 2.42. The summed E-state index contributed by atoms with van der Waals surface area (Å²) in [6.45, 7) is 4.75. The first-order chi connectivity index (χ1) is 12.8. The summed E-state index contributed by atoms with van der Waals surface area (Å²) in [7, 11) is 5.79. The van der Waals surface area contributed by atoms with Gasteiger partial charge >= 0.3 is 0 Å². The van der Waals surface area contributed by atoms with Crippen molar-refractivity contribution in [2.75, 3.05) is 27.8 Å². The minimum Gasteiger partial charge on any atom is -0.384 e. The molecule has 146 valence electrons. The predicted octanol–water partition coefficient (Wildman–Crippen LogP) is 3.92. The zero-order valence-corrected chi connectivity index (χ0v) is 17.2. The van der Waals surface area contributed by atoms with Crippen molar-refractivity contribution in [3.8, 4) is 0 Å². The van der Waals surface area contributed by atoms with Crippen LogP contribution in [0.5, 0.6) is 0 Å². The van der Waals surface area contributed by atoms with Crippen molar-refractivity contribution in [1.29, 1.82) is 0 Å². The number of methoxy groups -OCH3 is 1. The van der Waals surface area contributed by atoms with Crippen LogP contribution in [0.4, 0.5) is 0 Å². The van der Waals surface area contributed by atoms with E-state index in [0.717, 1.165) is 12.0 Å². The van der Waals surface area contributed by atoms with Gasteiger partial charge in [-0.1, -0.05) is 60.7 Å². The zero-order chi connectivity index (χ0) is 19.9. The highest BCUT2D eigenvalue weighted by Gasteiger charge is 2.40. The van der Waals surface area contributed by atoms with E-state index in [1.807, 2.05) is 24.3 Å². The number of carbonyl (C=O) groups excluding carboxylic acids is 1. The number of rotatable bonds is 9. The molecule has 1 amide bonds. The Kier molecular flexibility index (Phi) is 7.17. The van der Waals surface area contributed by atoms with Gasteiger partial charge in [0.25, 0.3) is 0 Å². The molecule has 0 spiro atoms. The fourth-order valence-electron chi connectivity index (χ4n) is 3.59. The molecule has 0 radical (unpaired) electrons. The monoisotopic (exact) mass is 368 g/mol. The molecule has 0 fully saturated rings. The number of nitrogens with zero attached hydrogens (tertiary/aromatic N) is 1. The molecule has 0 saturated heterocycles. The molecule has 0 aliphatic heterocycles. The van der Waals surface area contributed by atoms with E-state index in [2.05, 4.69) is 74.6 Å². The van der Waals surface area contributed by atoms with Crippen molar-refractivity contribution in [2.24, 2.45) is 0 Å². The normalized spacial score (nSPS) is 15.8. The van der Waals surface area contributed by atoms with Crippen molar-refractivity contribution in [3.05, 3.63) is 71.8 Å². The lowest BCUT2D eigenvalue weighted by Crippen LogP contribution is -2.51. The van der Waals surface area contributed by atoms with Gasteiger partial charge < -0.3 is 10.1 Å². The summed E-state index contributed by atoms with van der Waals surface area (Å²) < 4.78 is 5.07. The van der Waals surface area contributed by atoms with Gasteiger partial charge in [-0.05, 0) is 45.5 Å². The third-order valence-corrected chi connectivity index (χ3v) is 5.44. The van der Waals surface area contributed by atoms with Crippen LogP contribution in [0.3, 0.4) is 0 Å². The van der Waals surface area contributed by atoms with Gasteiger partial charge in [-0.15, -0.1) is 0 Å². The van der Waals surface area contributed by atoms with E-state index in [-0.39, 0.29) is 11.4 Å². The van der Waals surface area contributed by atoms with Gasteiger partial charge in [0.2, 0.25) is 5.91 Å². The van der Waals surface area contributed by atoms with Crippen molar-refractivity contribution in [1.82, 2.24) is 10.2 Å². The number of ether oxygens (including phenoxy) is 1. The van der Waals surface area contributed by atoms with Crippen molar-refractivity contribution >= 4 is 5.91 Å². The van der Waals surface area contributed by atoms with E-state index in [1.54, 1.807) is 7.11 Å². The molecule has 0 bridgehead atoms. The number of benzene rings is 2. The minimum absolute atomic E-state index is 0.00243. The molecule has 2 atom stereocenters. The van der Waals surface area contributed by atoms with Crippen LogP contribution in [0.2, 0.25) is 0 Å². The molecule has 0 saturated carbocycles. The molecule has 0 aliphatic rings. The maximum Gasteiger partial charge on any atom is 0.223 e. The van der Waals surface area contributed by atoms with Crippen LogP contribution in [0.15, 0.2) is 60.7 Å². The van der Waals surface area contributed by atoms with E-state index >= 15 is 0 Å². The minimum atomic E-state index is -0.513. The molecule has 0 aliphatic carbocycles. The van der Waals surface area contributed by atoms with Crippen LogP contribution >= 0.6 is 0 Å². The van der Waals surface area contributed by atoms with Crippen molar-refractivity contribution in [3.63, 3.8) is 0 Å². The third kappa shape index (κ3) is 5.18. The summed E-state index contributed by atoms with van der Waals surface area (Å²) in [5, 5.41) is 3.28. The molecule has 0 heterocycles. The van der Waals surface area contributed by atoms with Gasteiger partial charge in [0.15, 0.2) is 0 Å². The quantitative estimate of drug-likeness (QED) is 0.729. The molecule has 2 rings (SSSR count). The Labute approximate surface area is 163 Å². The van der Waals surface area contributed by atoms with E-state index in [0.29, 0.717) is 13.0 Å². The lowest BCUT2D eigenvalue weighted by molar-refractivity contribution is -0.124. The van der Waals surface area contributed by atoms with E-state index in [9.17, 15) is 4.79 Å². The average Bonchev–Trinajstić information content (AvgIpc) is 2.67. The van der Waals surface area contributed by atoms with Gasteiger partial charge in [0.05, 0.1) is 12.1 Å². The smallest absolute Gasteiger partial charge is 0.223 e. The topological polar surface area (TPSA) is 41.6 Å². The summed E-state index contributed by atoms with van der Waals surface area (Å²) >= 11 is 0. The van der Waals surface area contributed by atoms with Crippen molar-refractivity contribution < 1.29 is 9.53 Å². The number of amides is 1. The highest BCUT2D eigenvalue weighted by Crippen LogP contribution is 2.39. The van der Waals surface area contributed by atoms with Crippen LogP contribution in [0.1, 0.15) is 37.8 Å². The van der Waals surface area contributed by atoms with Gasteiger partial charge in [-0.2, -0.15) is 0 Å². The largest absolute Gasteiger partial charge is 0.384 e. The first-order valence-electron chi connectivity index (χ1n) is 9.40. The highest BCUT2D eigenvalue weighted by molar-refractivity contribution is 5.77. The molecule has 1 N–H and O–H groups in total. The Morgan fingerprint density at radius 2 is 1.48 bits per heavy atom. The fourth-order valence-corrected chi connectivity index (χ4v) is 3.59. The average molecular weight is 369 g/mol. The second-order valence-electron chi connectivity index (χ2n) is 7.70. The Hall–Kier alpha value is -2.17. The predicted molar refractivity (Wildman–Crippen MR) is 111 cm³/mol. The first kappa shape index (κ1) is 21.1. The maximum absolute atomic E-state index is 12.6.